The Labute approximate surface area is 120 Å². The monoisotopic (exact) mass is 277 g/mol. The molecule has 0 N–H and O–H groups in total. The number of rotatable bonds is 4. The zero-order chi connectivity index (χ0) is 13.7. The maximum absolute atomic E-state index is 12.1. The number of piperidine rings is 1. The number of aryl methyl sites for hydroxylation is 1. The quantitative estimate of drug-likeness (QED) is 0.839. The van der Waals surface area contributed by atoms with Crippen LogP contribution in [0.25, 0.3) is 0 Å². The van der Waals surface area contributed by atoms with E-state index >= 15 is 0 Å². The molecule has 1 aromatic carbocycles. The standard InChI is InChI=1S/C16H23NOS/c1-13-6-8-17(9-7-13)16(18)12-19-11-15-5-3-4-14(2)10-15/h3-5,10,13H,6-9,11-12H2,1-2H3. The lowest BCUT2D eigenvalue weighted by molar-refractivity contribution is -0.129. The number of benzene rings is 1. The molecule has 0 aliphatic carbocycles. The van der Waals surface area contributed by atoms with Crippen LogP contribution in [0.2, 0.25) is 0 Å². The van der Waals surface area contributed by atoms with Crippen LogP contribution in [0.15, 0.2) is 24.3 Å². The highest BCUT2D eigenvalue weighted by Gasteiger charge is 2.19. The minimum absolute atomic E-state index is 0.310. The molecular weight excluding hydrogens is 254 g/mol. The molecule has 0 bridgehead atoms. The largest absolute Gasteiger partial charge is 0.342 e. The van der Waals surface area contributed by atoms with Gasteiger partial charge in [0, 0.05) is 18.8 Å². The topological polar surface area (TPSA) is 20.3 Å². The second kappa shape index (κ2) is 6.99. The zero-order valence-electron chi connectivity index (χ0n) is 11.9. The van der Waals surface area contributed by atoms with Gasteiger partial charge in [0.25, 0.3) is 0 Å². The number of carbonyl (C=O) groups excluding carboxylic acids is 1. The summed E-state index contributed by atoms with van der Waals surface area (Å²) in [7, 11) is 0. The van der Waals surface area contributed by atoms with Crippen molar-refractivity contribution < 1.29 is 4.79 Å². The van der Waals surface area contributed by atoms with Gasteiger partial charge in [0.2, 0.25) is 5.91 Å². The van der Waals surface area contributed by atoms with Crippen LogP contribution in [-0.4, -0.2) is 29.6 Å². The van der Waals surface area contributed by atoms with Gasteiger partial charge >= 0.3 is 0 Å². The fourth-order valence-electron chi connectivity index (χ4n) is 2.41. The first-order valence-electron chi connectivity index (χ1n) is 7.06. The van der Waals surface area contributed by atoms with Crippen molar-refractivity contribution in [2.75, 3.05) is 18.8 Å². The van der Waals surface area contributed by atoms with E-state index in [1.807, 2.05) is 4.90 Å². The maximum Gasteiger partial charge on any atom is 0.232 e. The molecule has 2 rings (SSSR count). The van der Waals surface area contributed by atoms with E-state index < -0.39 is 0 Å². The van der Waals surface area contributed by atoms with Crippen LogP contribution in [-0.2, 0) is 10.5 Å². The molecule has 0 unspecified atom stereocenters. The molecule has 1 amide bonds. The summed E-state index contributed by atoms with van der Waals surface area (Å²) in [5, 5.41) is 0. The number of hydrogen-bond acceptors (Lipinski definition) is 2. The molecule has 1 saturated heterocycles. The van der Waals surface area contributed by atoms with Crippen molar-refractivity contribution in [3.05, 3.63) is 35.4 Å². The summed E-state index contributed by atoms with van der Waals surface area (Å²) in [6.45, 7) is 6.28. The highest BCUT2D eigenvalue weighted by Crippen LogP contribution is 2.18. The van der Waals surface area contributed by atoms with E-state index in [2.05, 4.69) is 38.1 Å². The van der Waals surface area contributed by atoms with E-state index in [0.717, 1.165) is 37.6 Å². The SMILES string of the molecule is Cc1cccc(CSCC(=O)N2CCC(C)CC2)c1. The Morgan fingerprint density at radius 3 is 2.79 bits per heavy atom. The Morgan fingerprint density at radius 1 is 1.37 bits per heavy atom. The van der Waals surface area contributed by atoms with Crippen molar-refractivity contribution in [3.63, 3.8) is 0 Å². The van der Waals surface area contributed by atoms with E-state index in [9.17, 15) is 4.79 Å². The molecule has 1 aliphatic heterocycles. The van der Waals surface area contributed by atoms with E-state index in [4.69, 9.17) is 0 Å². The molecule has 2 nitrogen and oxygen atoms in total. The smallest absolute Gasteiger partial charge is 0.232 e. The van der Waals surface area contributed by atoms with Gasteiger partial charge in [0.15, 0.2) is 0 Å². The first kappa shape index (κ1) is 14.4. The number of thioether (sulfide) groups is 1. The lowest BCUT2D eigenvalue weighted by Crippen LogP contribution is -2.38. The Kier molecular flexibility index (Phi) is 5.32. The molecule has 0 radical (unpaired) electrons. The normalized spacial score (nSPS) is 16.6. The first-order valence-corrected chi connectivity index (χ1v) is 8.21. The molecule has 3 heteroatoms. The van der Waals surface area contributed by atoms with Crippen LogP contribution in [0.5, 0.6) is 0 Å². The second-order valence-electron chi connectivity index (χ2n) is 5.55. The van der Waals surface area contributed by atoms with Gasteiger partial charge in [0.1, 0.15) is 0 Å². The number of hydrogen-bond donors (Lipinski definition) is 0. The number of nitrogens with zero attached hydrogens (tertiary/aromatic N) is 1. The fourth-order valence-corrected chi connectivity index (χ4v) is 3.28. The Hall–Kier alpha value is -0.960. The molecule has 0 spiro atoms. The third-order valence-electron chi connectivity index (χ3n) is 3.71. The highest BCUT2D eigenvalue weighted by molar-refractivity contribution is 7.99. The van der Waals surface area contributed by atoms with Crippen LogP contribution in [0.4, 0.5) is 0 Å². The van der Waals surface area contributed by atoms with Gasteiger partial charge < -0.3 is 4.90 Å². The average molecular weight is 277 g/mol. The van der Waals surface area contributed by atoms with Crippen molar-refractivity contribution in [2.45, 2.75) is 32.4 Å². The Balaban J connectivity index is 1.72. The summed E-state index contributed by atoms with van der Waals surface area (Å²) in [6, 6.07) is 8.51. The van der Waals surface area contributed by atoms with E-state index in [0.29, 0.717) is 11.7 Å². The van der Waals surface area contributed by atoms with Gasteiger partial charge in [-0.2, -0.15) is 0 Å². The van der Waals surface area contributed by atoms with E-state index in [1.54, 1.807) is 11.8 Å². The molecule has 1 aromatic rings. The van der Waals surface area contributed by atoms with E-state index in [-0.39, 0.29) is 0 Å². The van der Waals surface area contributed by atoms with Crippen molar-refractivity contribution in [2.24, 2.45) is 5.92 Å². The van der Waals surface area contributed by atoms with Gasteiger partial charge in [-0.15, -0.1) is 11.8 Å². The molecule has 1 fully saturated rings. The van der Waals surface area contributed by atoms with Crippen molar-refractivity contribution in [1.29, 1.82) is 0 Å². The minimum Gasteiger partial charge on any atom is -0.342 e. The van der Waals surface area contributed by atoms with E-state index in [1.165, 1.54) is 11.1 Å². The molecular formula is C16H23NOS. The fraction of sp³-hybridized carbons (Fsp3) is 0.562. The maximum atomic E-state index is 12.1. The Bertz CT molecular complexity index is 425. The molecule has 1 heterocycles. The molecule has 104 valence electrons. The van der Waals surface area contributed by atoms with Gasteiger partial charge in [-0.3, -0.25) is 4.79 Å². The van der Waals surface area contributed by atoms with Crippen molar-refractivity contribution in [3.8, 4) is 0 Å². The predicted octanol–water partition coefficient (Wildman–Crippen LogP) is 3.49. The van der Waals surface area contributed by atoms with Gasteiger partial charge in [-0.25, -0.2) is 0 Å². The molecule has 0 atom stereocenters. The number of amides is 1. The average Bonchev–Trinajstić information content (AvgIpc) is 2.39. The highest BCUT2D eigenvalue weighted by atomic mass is 32.2. The summed E-state index contributed by atoms with van der Waals surface area (Å²) < 4.78 is 0. The lowest BCUT2D eigenvalue weighted by Gasteiger charge is -2.30. The van der Waals surface area contributed by atoms with Crippen molar-refractivity contribution >= 4 is 17.7 Å². The summed E-state index contributed by atoms with van der Waals surface area (Å²) >= 11 is 1.73. The van der Waals surface area contributed by atoms with Gasteiger partial charge in [-0.1, -0.05) is 36.8 Å². The summed E-state index contributed by atoms with van der Waals surface area (Å²) in [6.07, 6.45) is 2.32. The summed E-state index contributed by atoms with van der Waals surface area (Å²) in [5.41, 5.74) is 2.60. The Morgan fingerprint density at radius 2 is 2.11 bits per heavy atom. The molecule has 1 aliphatic rings. The third-order valence-corrected chi connectivity index (χ3v) is 4.70. The predicted molar refractivity (Wildman–Crippen MR) is 82.3 cm³/mol. The molecule has 0 saturated carbocycles. The van der Waals surface area contributed by atoms with Crippen LogP contribution in [0.3, 0.4) is 0 Å². The minimum atomic E-state index is 0.310. The second-order valence-corrected chi connectivity index (χ2v) is 6.53. The first-order chi connectivity index (χ1) is 9.15. The molecule has 19 heavy (non-hydrogen) atoms. The molecule has 0 aromatic heterocycles. The number of likely N-dealkylation sites (tertiary alicyclic amines) is 1. The lowest BCUT2D eigenvalue weighted by atomic mass is 9.99. The summed E-state index contributed by atoms with van der Waals surface area (Å²) in [5.74, 6) is 2.63. The van der Waals surface area contributed by atoms with Gasteiger partial charge in [-0.05, 0) is 31.2 Å². The van der Waals surface area contributed by atoms with Crippen LogP contribution in [0.1, 0.15) is 30.9 Å². The zero-order valence-corrected chi connectivity index (χ0v) is 12.7. The number of carbonyl (C=O) groups is 1. The van der Waals surface area contributed by atoms with Crippen LogP contribution < -0.4 is 0 Å². The van der Waals surface area contributed by atoms with Crippen molar-refractivity contribution in [1.82, 2.24) is 4.90 Å². The van der Waals surface area contributed by atoms with Crippen LogP contribution in [0, 0.1) is 12.8 Å². The van der Waals surface area contributed by atoms with Crippen LogP contribution >= 0.6 is 11.8 Å². The van der Waals surface area contributed by atoms with Gasteiger partial charge in [0.05, 0.1) is 5.75 Å². The summed E-state index contributed by atoms with van der Waals surface area (Å²) in [4.78, 5) is 14.1. The third kappa shape index (κ3) is 4.57.